The Balaban J connectivity index is 0.00000353. The molecule has 0 atom stereocenters. The average molecular weight is 692 g/mol. The molecule has 211 valence electrons. The zero-order valence-electron chi connectivity index (χ0n) is 22.9. The van der Waals surface area contributed by atoms with Crippen molar-refractivity contribution in [2.75, 3.05) is 0 Å². The molecular formula is C37H31ClOP2Rh. The van der Waals surface area contributed by atoms with Gasteiger partial charge >= 0.3 is 248 Å². The molecule has 0 aliphatic heterocycles. The smallest absolute Gasteiger partial charge is 0 e. The van der Waals surface area contributed by atoms with Crippen LogP contribution < -0.4 is 31.8 Å². The number of hydrogen-bond donors (Lipinski definition) is 0. The van der Waals surface area contributed by atoms with Crippen LogP contribution in [0.1, 0.15) is 0 Å². The van der Waals surface area contributed by atoms with Crippen molar-refractivity contribution in [2.24, 2.45) is 0 Å². The quantitative estimate of drug-likeness (QED) is 0.119. The maximum absolute atomic E-state index is 16.6. The van der Waals surface area contributed by atoms with Crippen molar-refractivity contribution in [3.8, 4) is 0 Å². The van der Waals surface area contributed by atoms with Crippen LogP contribution in [0, 0.1) is 0 Å². The second-order valence-corrected chi connectivity index (χ2v) is 20.3. The second-order valence-electron chi connectivity index (χ2n) is 10.2. The minimum atomic E-state index is -4.36. The largest absolute Gasteiger partial charge is 0 e. The van der Waals surface area contributed by atoms with Gasteiger partial charge in [-0.3, -0.25) is 0 Å². The predicted octanol–water partition coefficient (Wildman–Crippen LogP) is 7.51. The topological polar surface area (TPSA) is 17.1 Å². The van der Waals surface area contributed by atoms with Crippen LogP contribution in [0.5, 0.6) is 0 Å². The first-order chi connectivity index (χ1) is 20.1. The minimum Gasteiger partial charge on any atom is 0 e. The fourth-order valence-electron chi connectivity index (χ4n) is 6.17. The van der Waals surface area contributed by atoms with Gasteiger partial charge in [-0.1, -0.05) is 0 Å². The van der Waals surface area contributed by atoms with Crippen molar-refractivity contribution in [3.63, 3.8) is 0 Å². The molecule has 5 heteroatoms. The Kier molecular flexibility index (Phi) is 9.04. The van der Waals surface area contributed by atoms with Crippen molar-refractivity contribution in [2.45, 2.75) is 0 Å². The van der Waals surface area contributed by atoms with E-state index in [4.69, 9.17) is 11.2 Å². The van der Waals surface area contributed by atoms with E-state index in [1.165, 1.54) is 0 Å². The maximum atomic E-state index is 16.6. The van der Waals surface area contributed by atoms with Crippen LogP contribution in [0.15, 0.2) is 182 Å². The summed E-state index contributed by atoms with van der Waals surface area (Å²) in [7, 11) is -3.50. The maximum Gasteiger partial charge on any atom is 0 e. The van der Waals surface area contributed by atoms with Crippen molar-refractivity contribution in [1.29, 1.82) is 0 Å². The SMILES string of the molecule is O=C([PH](c1ccccc1)(c1ccccc1)c1ccccc1)P(Cl)(c1ccccc1)(c1ccccc1)c1ccccc1.[Rh]. The number of carbonyl (C=O) groups is 1. The van der Waals surface area contributed by atoms with E-state index in [2.05, 4.69) is 36.4 Å². The van der Waals surface area contributed by atoms with Crippen molar-refractivity contribution in [3.05, 3.63) is 182 Å². The van der Waals surface area contributed by atoms with Gasteiger partial charge in [0.1, 0.15) is 0 Å². The molecule has 6 aromatic rings. The van der Waals surface area contributed by atoms with Gasteiger partial charge in [-0.2, -0.15) is 0 Å². The number of halogens is 1. The molecular weight excluding hydrogens is 661 g/mol. The summed E-state index contributed by atoms with van der Waals surface area (Å²) in [5.74, 6) is -4.36. The molecule has 0 saturated heterocycles. The van der Waals surface area contributed by atoms with E-state index in [1.807, 2.05) is 146 Å². The summed E-state index contributed by atoms with van der Waals surface area (Å²) in [6.45, 7) is 0. The Labute approximate surface area is 266 Å². The number of carbonyl (C=O) groups excluding carboxylic acids is 1. The number of hydrogen-bond acceptors (Lipinski definition) is 1. The summed E-state index contributed by atoms with van der Waals surface area (Å²) in [4.78, 5) is 16.6. The van der Waals surface area contributed by atoms with E-state index in [0.717, 1.165) is 31.8 Å². The molecule has 1 radical (unpaired) electrons. The van der Waals surface area contributed by atoms with E-state index in [9.17, 15) is 0 Å². The molecule has 0 aliphatic rings. The molecule has 42 heavy (non-hydrogen) atoms. The van der Waals surface area contributed by atoms with E-state index in [1.54, 1.807) is 0 Å². The molecule has 0 unspecified atom stereocenters. The molecule has 6 aromatic carbocycles. The average Bonchev–Trinajstić information content (AvgIpc) is 3.07. The van der Waals surface area contributed by atoms with Crippen molar-refractivity contribution in [1.82, 2.24) is 0 Å². The molecule has 0 fully saturated rings. The molecule has 0 amide bonds. The molecule has 0 aliphatic carbocycles. The third-order valence-corrected chi connectivity index (χ3v) is 21.8. The fourth-order valence-corrected chi connectivity index (χ4v) is 20.8. The van der Waals surface area contributed by atoms with E-state index in [-0.39, 0.29) is 24.7 Å². The van der Waals surface area contributed by atoms with E-state index in [0.29, 0.717) is 0 Å². The predicted molar refractivity (Wildman–Crippen MR) is 183 cm³/mol. The first-order valence-electron chi connectivity index (χ1n) is 13.7. The van der Waals surface area contributed by atoms with Gasteiger partial charge in [-0.05, 0) is 0 Å². The van der Waals surface area contributed by atoms with Gasteiger partial charge in [-0.25, -0.2) is 0 Å². The number of benzene rings is 6. The summed E-state index contributed by atoms with van der Waals surface area (Å²) in [5, 5.41) is 5.68. The summed E-state index contributed by atoms with van der Waals surface area (Å²) in [6.07, 6.45) is 0. The molecule has 0 aromatic heterocycles. The first kappa shape index (κ1) is 30.2. The van der Waals surface area contributed by atoms with E-state index >= 15 is 4.79 Å². The Morgan fingerprint density at radius 2 is 0.619 bits per heavy atom. The molecule has 0 heterocycles. The zero-order chi connectivity index (χ0) is 28.2. The van der Waals surface area contributed by atoms with Gasteiger partial charge in [0.05, 0.1) is 0 Å². The van der Waals surface area contributed by atoms with Crippen LogP contribution in [0.3, 0.4) is 0 Å². The second kappa shape index (κ2) is 12.6. The minimum absolute atomic E-state index is 0. The third-order valence-electron chi connectivity index (χ3n) is 8.05. The van der Waals surface area contributed by atoms with Gasteiger partial charge in [-0.15, -0.1) is 0 Å². The van der Waals surface area contributed by atoms with Crippen molar-refractivity contribution >= 4 is 61.6 Å². The van der Waals surface area contributed by atoms with Gasteiger partial charge in [0.25, 0.3) is 0 Å². The normalized spacial score (nSPS) is 12.7. The third kappa shape index (κ3) is 4.63. The molecule has 6 rings (SSSR count). The molecule has 1 nitrogen and oxygen atoms in total. The van der Waals surface area contributed by atoms with Gasteiger partial charge in [0.15, 0.2) is 0 Å². The Bertz CT molecular complexity index is 1560. The van der Waals surface area contributed by atoms with Crippen molar-refractivity contribution < 1.29 is 24.3 Å². The van der Waals surface area contributed by atoms with E-state index < -0.39 is 13.2 Å². The summed E-state index contributed by atoms with van der Waals surface area (Å²) in [6, 6.07) is 61.1. The van der Waals surface area contributed by atoms with Crippen LogP contribution in [-0.4, -0.2) is 5.27 Å². The molecule has 0 saturated carbocycles. The number of rotatable bonds is 8. The Hall–Kier alpha value is -3.24. The van der Waals surface area contributed by atoms with Crippen LogP contribution in [0.4, 0.5) is 4.79 Å². The standard InChI is InChI=1S/C37H31ClOP2.Rh/c38-41(34-25-13-4-14-26-34,35-27-15-5-16-28-35,36-29-17-6-18-30-36)37(39)40(31-19-7-1-8-20-31,32-21-9-2-10-22-32)33-23-11-3-12-24-33;/h1-30,40H;. The van der Waals surface area contributed by atoms with Gasteiger partial charge in [0.2, 0.25) is 0 Å². The fraction of sp³-hybridized carbons (Fsp3) is 0. The van der Waals surface area contributed by atoms with Gasteiger partial charge < -0.3 is 0 Å². The molecule has 0 spiro atoms. The van der Waals surface area contributed by atoms with Crippen LogP contribution in [-0.2, 0) is 19.5 Å². The summed E-state index contributed by atoms with van der Waals surface area (Å²) in [5.41, 5.74) is 0. The molecule has 0 N–H and O–H groups in total. The Morgan fingerprint density at radius 1 is 0.405 bits per heavy atom. The molecule has 0 bridgehead atoms. The van der Waals surface area contributed by atoms with Crippen LogP contribution in [0.25, 0.3) is 0 Å². The summed E-state index contributed by atoms with van der Waals surface area (Å²) < 4.78 is 0. The zero-order valence-corrected chi connectivity index (χ0v) is 27.2. The Morgan fingerprint density at radius 3 is 0.857 bits per heavy atom. The van der Waals surface area contributed by atoms with Crippen LogP contribution in [0.2, 0.25) is 0 Å². The monoisotopic (exact) mass is 691 g/mol. The van der Waals surface area contributed by atoms with Crippen LogP contribution >= 0.6 is 24.5 Å². The van der Waals surface area contributed by atoms with Gasteiger partial charge in [0, 0.05) is 19.5 Å². The first-order valence-corrected chi connectivity index (χ1v) is 18.9. The summed E-state index contributed by atoms with van der Waals surface area (Å²) >= 11 is 8.57.